The van der Waals surface area contributed by atoms with Crippen molar-refractivity contribution in [1.82, 2.24) is 0 Å². The molecule has 0 aliphatic rings. The van der Waals surface area contributed by atoms with Crippen molar-refractivity contribution in [3.8, 4) is 11.5 Å². The van der Waals surface area contributed by atoms with Crippen molar-refractivity contribution in [2.75, 3.05) is 0 Å². The molecule has 0 atom stereocenters. The maximum Gasteiger partial charge on any atom is 0.127 e. The normalized spacial score (nSPS) is 10.1. The molecule has 18 heavy (non-hydrogen) atoms. The molecule has 0 saturated carbocycles. The van der Waals surface area contributed by atoms with Gasteiger partial charge in [0.25, 0.3) is 0 Å². The first-order valence-electron chi connectivity index (χ1n) is 5.40. The molecule has 0 bridgehead atoms. The highest BCUT2D eigenvalue weighted by Gasteiger charge is 2.04. The molecule has 0 fully saturated rings. The highest BCUT2D eigenvalue weighted by atomic mass is 79.9. The van der Waals surface area contributed by atoms with Gasteiger partial charge in [0.15, 0.2) is 0 Å². The lowest BCUT2D eigenvalue weighted by molar-refractivity contribution is 0.482. The summed E-state index contributed by atoms with van der Waals surface area (Å²) < 4.78 is 6.77. The van der Waals surface area contributed by atoms with E-state index >= 15 is 0 Å². The minimum Gasteiger partial charge on any atom is -0.457 e. The summed E-state index contributed by atoms with van der Waals surface area (Å²) in [5.41, 5.74) is 7.51. The fourth-order valence-electron chi connectivity index (χ4n) is 1.61. The van der Waals surface area contributed by atoms with Gasteiger partial charge in [0.05, 0.1) is 0 Å². The highest BCUT2D eigenvalue weighted by Crippen LogP contribution is 2.25. The largest absolute Gasteiger partial charge is 0.457 e. The van der Waals surface area contributed by atoms with E-state index in [4.69, 9.17) is 22.7 Å². The first kappa shape index (κ1) is 13.1. The Balaban J connectivity index is 2.22. The third kappa shape index (κ3) is 3.09. The number of thiocarbonyl (C=S) groups is 1. The number of aryl methyl sites for hydroxylation is 1. The summed E-state index contributed by atoms with van der Waals surface area (Å²) in [5.74, 6) is 1.57. The minimum absolute atomic E-state index is 0.405. The number of hydrogen-bond acceptors (Lipinski definition) is 2. The number of nitrogens with two attached hydrogens (primary N) is 1. The van der Waals surface area contributed by atoms with Crippen LogP contribution in [0.5, 0.6) is 11.5 Å². The lowest BCUT2D eigenvalue weighted by Gasteiger charge is -2.09. The molecule has 92 valence electrons. The Bertz CT molecular complexity index is 581. The third-order valence-electron chi connectivity index (χ3n) is 2.51. The molecule has 0 unspecified atom stereocenters. The standard InChI is InChI=1S/C14H12BrNOS/c1-9-8-12(6-7-13(9)14(16)18)17-11-4-2-10(15)3-5-11/h2-8H,1H3,(H2,16,18). The van der Waals surface area contributed by atoms with Gasteiger partial charge in [0.2, 0.25) is 0 Å². The summed E-state index contributed by atoms with van der Waals surface area (Å²) in [4.78, 5) is 0.405. The van der Waals surface area contributed by atoms with Gasteiger partial charge in [0.1, 0.15) is 16.5 Å². The Hall–Kier alpha value is -1.39. The predicted molar refractivity (Wildman–Crippen MR) is 81.3 cm³/mol. The molecule has 0 heterocycles. The van der Waals surface area contributed by atoms with Gasteiger partial charge in [-0.15, -0.1) is 0 Å². The topological polar surface area (TPSA) is 35.2 Å². The quantitative estimate of drug-likeness (QED) is 0.861. The zero-order valence-electron chi connectivity index (χ0n) is 9.81. The maximum atomic E-state index is 5.74. The minimum atomic E-state index is 0.405. The molecule has 2 aromatic carbocycles. The smallest absolute Gasteiger partial charge is 0.127 e. The van der Waals surface area contributed by atoms with Crippen molar-refractivity contribution in [3.63, 3.8) is 0 Å². The summed E-state index contributed by atoms with van der Waals surface area (Å²) in [6.07, 6.45) is 0. The van der Waals surface area contributed by atoms with E-state index in [1.165, 1.54) is 0 Å². The van der Waals surface area contributed by atoms with Gasteiger partial charge < -0.3 is 10.5 Å². The Morgan fingerprint density at radius 1 is 1.11 bits per heavy atom. The fraction of sp³-hybridized carbons (Fsp3) is 0.0714. The summed E-state index contributed by atoms with van der Waals surface area (Å²) >= 11 is 8.35. The third-order valence-corrected chi connectivity index (χ3v) is 3.26. The van der Waals surface area contributed by atoms with Gasteiger partial charge in [-0.3, -0.25) is 0 Å². The van der Waals surface area contributed by atoms with Gasteiger partial charge >= 0.3 is 0 Å². The number of halogens is 1. The van der Waals surface area contributed by atoms with E-state index in [9.17, 15) is 0 Å². The first-order valence-corrected chi connectivity index (χ1v) is 6.60. The van der Waals surface area contributed by atoms with Crippen molar-refractivity contribution < 1.29 is 4.74 Å². The van der Waals surface area contributed by atoms with Crippen LogP contribution in [0.3, 0.4) is 0 Å². The molecule has 0 aliphatic heterocycles. The van der Waals surface area contributed by atoms with E-state index in [1.807, 2.05) is 49.4 Å². The van der Waals surface area contributed by atoms with E-state index in [0.29, 0.717) is 4.99 Å². The molecule has 2 rings (SSSR count). The number of ether oxygens (including phenoxy) is 1. The Morgan fingerprint density at radius 2 is 1.72 bits per heavy atom. The summed E-state index contributed by atoms with van der Waals surface area (Å²) in [7, 11) is 0. The molecule has 0 amide bonds. The van der Waals surface area contributed by atoms with Crippen molar-refractivity contribution >= 4 is 33.1 Å². The maximum absolute atomic E-state index is 5.74. The van der Waals surface area contributed by atoms with Crippen molar-refractivity contribution in [2.24, 2.45) is 5.73 Å². The van der Waals surface area contributed by atoms with E-state index in [-0.39, 0.29) is 0 Å². The molecule has 0 radical (unpaired) electrons. The molecular weight excluding hydrogens is 310 g/mol. The zero-order chi connectivity index (χ0) is 13.1. The van der Waals surface area contributed by atoms with E-state index in [0.717, 1.165) is 27.1 Å². The van der Waals surface area contributed by atoms with Crippen LogP contribution < -0.4 is 10.5 Å². The van der Waals surface area contributed by atoms with Crippen molar-refractivity contribution in [2.45, 2.75) is 6.92 Å². The molecule has 2 aromatic rings. The number of rotatable bonds is 3. The molecule has 2 N–H and O–H groups in total. The average molecular weight is 322 g/mol. The van der Waals surface area contributed by atoms with Crippen molar-refractivity contribution in [3.05, 3.63) is 58.1 Å². The molecule has 0 saturated heterocycles. The zero-order valence-corrected chi connectivity index (χ0v) is 12.2. The van der Waals surface area contributed by atoms with Crippen LogP contribution in [0.2, 0.25) is 0 Å². The second-order valence-electron chi connectivity index (χ2n) is 3.90. The first-order chi connectivity index (χ1) is 8.56. The van der Waals surface area contributed by atoms with Gasteiger partial charge in [-0.25, -0.2) is 0 Å². The van der Waals surface area contributed by atoms with E-state index < -0.39 is 0 Å². The van der Waals surface area contributed by atoms with Crippen LogP contribution in [-0.2, 0) is 0 Å². The second kappa shape index (κ2) is 5.50. The Kier molecular flexibility index (Phi) is 3.99. The van der Waals surface area contributed by atoms with Gasteiger partial charge in [-0.2, -0.15) is 0 Å². The SMILES string of the molecule is Cc1cc(Oc2ccc(Br)cc2)ccc1C(N)=S. The van der Waals surface area contributed by atoms with Crippen LogP contribution in [0.4, 0.5) is 0 Å². The van der Waals surface area contributed by atoms with Crippen LogP contribution in [0.1, 0.15) is 11.1 Å². The Labute approximate surface area is 120 Å². The lowest BCUT2D eigenvalue weighted by Crippen LogP contribution is -2.10. The van der Waals surface area contributed by atoms with Crippen LogP contribution in [0, 0.1) is 6.92 Å². The molecular formula is C14H12BrNOS. The van der Waals surface area contributed by atoms with Crippen molar-refractivity contribution in [1.29, 1.82) is 0 Å². The van der Waals surface area contributed by atoms with Gasteiger partial charge in [-0.1, -0.05) is 28.1 Å². The molecule has 4 heteroatoms. The predicted octanol–water partition coefficient (Wildman–Crippen LogP) is 4.18. The van der Waals surface area contributed by atoms with Crippen LogP contribution in [-0.4, -0.2) is 4.99 Å². The van der Waals surface area contributed by atoms with Crippen LogP contribution in [0.25, 0.3) is 0 Å². The molecule has 0 spiro atoms. The van der Waals surface area contributed by atoms with Gasteiger partial charge in [0, 0.05) is 10.0 Å². The Morgan fingerprint density at radius 3 is 2.28 bits per heavy atom. The highest BCUT2D eigenvalue weighted by molar-refractivity contribution is 9.10. The fourth-order valence-corrected chi connectivity index (χ4v) is 2.11. The number of benzene rings is 2. The molecule has 0 aliphatic carbocycles. The number of hydrogen-bond donors (Lipinski definition) is 1. The monoisotopic (exact) mass is 321 g/mol. The van der Waals surface area contributed by atoms with Crippen LogP contribution >= 0.6 is 28.1 Å². The lowest BCUT2D eigenvalue weighted by atomic mass is 10.1. The summed E-state index contributed by atoms with van der Waals surface area (Å²) in [6, 6.07) is 13.4. The van der Waals surface area contributed by atoms with E-state index in [2.05, 4.69) is 15.9 Å². The van der Waals surface area contributed by atoms with Gasteiger partial charge in [-0.05, 0) is 55.0 Å². The summed E-state index contributed by atoms with van der Waals surface area (Å²) in [5, 5.41) is 0. The molecule has 2 nitrogen and oxygen atoms in total. The molecule has 0 aromatic heterocycles. The van der Waals surface area contributed by atoms with E-state index in [1.54, 1.807) is 0 Å². The average Bonchev–Trinajstić information content (AvgIpc) is 2.32. The summed E-state index contributed by atoms with van der Waals surface area (Å²) in [6.45, 7) is 1.96. The van der Waals surface area contributed by atoms with Crippen LogP contribution in [0.15, 0.2) is 46.9 Å². The second-order valence-corrected chi connectivity index (χ2v) is 5.25.